The van der Waals surface area contributed by atoms with Crippen molar-refractivity contribution < 1.29 is 23.2 Å². The van der Waals surface area contributed by atoms with Gasteiger partial charge in [0, 0.05) is 6.42 Å². The van der Waals surface area contributed by atoms with Gasteiger partial charge in [-0.2, -0.15) is 0 Å². The zero-order valence-electron chi connectivity index (χ0n) is 14.0. The van der Waals surface area contributed by atoms with Gasteiger partial charge < -0.3 is 9.05 Å². The lowest BCUT2D eigenvalue weighted by molar-refractivity contribution is -0.300. The lowest BCUT2D eigenvalue weighted by Crippen LogP contribution is -2.41. The van der Waals surface area contributed by atoms with Crippen molar-refractivity contribution >= 4 is 13.7 Å². The van der Waals surface area contributed by atoms with E-state index in [0.29, 0.717) is 11.7 Å². The van der Waals surface area contributed by atoms with Crippen LogP contribution < -0.4 is 5.30 Å². The Hall–Kier alpha value is -0.580. The summed E-state index contributed by atoms with van der Waals surface area (Å²) in [4.78, 5) is 9.72. The van der Waals surface area contributed by atoms with Gasteiger partial charge in [-0.1, -0.05) is 6.07 Å². The molecule has 0 amide bonds. The molecule has 1 aromatic carbocycles. The highest BCUT2D eigenvalue weighted by Gasteiger charge is 2.50. The standard InChI is InChI=1S/C16H24FO4P/c1-11(19-18-6)9-12-7-8-13(17)14(10-12)22-20-15(2,3)16(4,5)21-22/h7-8,10-11H,9H2,1-6H3. The number of hydrogen-bond donors (Lipinski definition) is 0. The van der Waals surface area contributed by atoms with E-state index in [1.807, 2.05) is 34.6 Å². The minimum atomic E-state index is -1.43. The van der Waals surface area contributed by atoms with Crippen LogP contribution in [0, 0.1) is 5.82 Å². The molecule has 22 heavy (non-hydrogen) atoms. The van der Waals surface area contributed by atoms with E-state index in [2.05, 4.69) is 4.89 Å². The molecular weight excluding hydrogens is 306 g/mol. The van der Waals surface area contributed by atoms with Crippen LogP contribution in [0.1, 0.15) is 40.2 Å². The van der Waals surface area contributed by atoms with Crippen LogP contribution in [0.5, 0.6) is 0 Å². The molecule has 1 unspecified atom stereocenters. The zero-order chi connectivity index (χ0) is 16.5. The van der Waals surface area contributed by atoms with E-state index >= 15 is 0 Å². The van der Waals surface area contributed by atoms with Crippen molar-refractivity contribution in [2.45, 2.75) is 58.3 Å². The molecule has 0 spiro atoms. The van der Waals surface area contributed by atoms with Crippen molar-refractivity contribution in [2.75, 3.05) is 7.11 Å². The summed E-state index contributed by atoms with van der Waals surface area (Å²) in [7, 11) is 0.0393. The molecule has 1 atom stereocenters. The third-order valence-electron chi connectivity index (χ3n) is 4.06. The van der Waals surface area contributed by atoms with Gasteiger partial charge in [-0.15, -0.1) is 0 Å². The number of rotatable bonds is 5. The van der Waals surface area contributed by atoms with Crippen molar-refractivity contribution in [1.82, 2.24) is 0 Å². The Balaban J connectivity index is 2.21. The molecule has 1 aliphatic rings. The molecule has 0 aromatic heterocycles. The molecule has 0 N–H and O–H groups in total. The summed E-state index contributed by atoms with van der Waals surface area (Å²) >= 11 is 0. The SMILES string of the molecule is COOC(C)Cc1ccc(F)c(P2OC(C)(C)C(C)(C)O2)c1. The normalized spacial score (nSPS) is 22.0. The van der Waals surface area contributed by atoms with Gasteiger partial charge in [0.15, 0.2) is 0 Å². The molecule has 1 aliphatic heterocycles. The van der Waals surface area contributed by atoms with Gasteiger partial charge in [-0.25, -0.2) is 14.2 Å². The van der Waals surface area contributed by atoms with E-state index in [4.69, 9.17) is 13.9 Å². The second kappa shape index (κ2) is 6.50. The maximum atomic E-state index is 14.2. The summed E-state index contributed by atoms with van der Waals surface area (Å²) < 4.78 is 26.2. The molecule has 0 aliphatic carbocycles. The average molecular weight is 330 g/mol. The highest BCUT2D eigenvalue weighted by atomic mass is 31.2. The van der Waals surface area contributed by atoms with Gasteiger partial charge in [0.2, 0.25) is 8.38 Å². The first-order valence-corrected chi connectivity index (χ1v) is 8.50. The second-order valence-corrected chi connectivity index (χ2v) is 7.88. The van der Waals surface area contributed by atoms with Crippen molar-refractivity contribution in [3.05, 3.63) is 29.6 Å². The summed E-state index contributed by atoms with van der Waals surface area (Å²) in [6.45, 7) is 9.75. The lowest BCUT2D eigenvalue weighted by atomic mass is 9.90. The Morgan fingerprint density at radius 2 is 1.77 bits per heavy atom. The highest BCUT2D eigenvalue weighted by molar-refractivity contribution is 7.56. The molecule has 1 saturated heterocycles. The molecule has 0 radical (unpaired) electrons. The fraction of sp³-hybridized carbons (Fsp3) is 0.625. The summed E-state index contributed by atoms with van der Waals surface area (Å²) in [5, 5.41) is 0.482. The van der Waals surface area contributed by atoms with E-state index in [-0.39, 0.29) is 11.9 Å². The van der Waals surface area contributed by atoms with Crippen LogP contribution in [-0.2, 0) is 25.2 Å². The molecule has 4 nitrogen and oxygen atoms in total. The Kier molecular flexibility index (Phi) is 5.25. The van der Waals surface area contributed by atoms with Crippen molar-refractivity contribution in [2.24, 2.45) is 0 Å². The smallest absolute Gasteiger partial charge is 0.209 e. The Morgan fingerprint density at radius 1 is 1.18 bits per heavy atom. The molecule has 1 fully saturated rings. The maximum absolute atomic E-state index is 14.2. The monoisotopic (exact) mass is 330 g/mol. The summed E-state index contributed by atoms with van der Waals surface area (Å²) in [6.07, 6.45) is 0.506. The van der Waals surface area contributed by atoms with E-state index in [1.165, 1.54) is 13.2 Å². The minimum absolute atomic E-state index is 0.116. The topological polar surface area (TPSA) is 36.9 Å². The predicted octanol–water partition coefficient (Wildman–Crippen LogP) is 3.88. The molecule has 0 saturated carbocycles. The molecule has 124 valence electrons. The fourth-order valence-electron chi connectivity index (χ4n) is 2.11. The van der Waals surface area contributed by atoms with Crippen LogP contribution in [0.15, 0.2) is 18.2 Å². The first-order valence-electron chi connectivity index (χ1n) is 7.32. The van der Waals surface area contributed by atoms with E-state index < -0.39 is 19.6 Å². The van der Waals surface area contributed by atoms with Crippen LogP contribution >= 0.6 is 8.38 Å². The molecule has 0 bridgehead atoms. The Bertz CT molecular complexity index is 517. The van der Waals surface area contributed by atoms with Gasteiger partial charge in [0.1, 0.15) is 5.82 Å². The molecule has 6 heteroatoms. The lowest BCUT2D eigenvalue weighted by Gasteiger charge is -2.29. The van der Waals surface area contributed by atoms with Crippen LogP contribution in [0.2, 0.25) is 0 Å². The minimum Gasteiger partial charge on any atom is -0.321 e. The van der Waals surface area contributed by atoms with Crippen molar-refractivity contribution in [3.63, 3.8) is 0 Å². The van der Waals surface area contributed by atoms with Crippen LogP contribution in [0.3, 0.4) is 0 Å². The first-order chi connectivity index (χ1) is 10.2. The van der Waals surface area contributed by atoms with E-state index in [9.17, 15) is 4.39 Å². The van der Waals surface area contributed by atoms with Crippen molar-refractivity contribution in [3.8, 4) is 0 Å². The quantitative estimate of drug-likeness (QED) is 0.466. The largest absolute Gasteiger partial charge is 0.321 e. The number of benzene rings is 1. The summed E-state index contributed by atoms with van der Waals surface area (Å²) in [6, 6.07) is 5.00. The third-order valence-corrected chi connectivity index (χ3v) is 6.04. The summed E-state index contributed by atoms with van der Waals surface area (Å²) in [5.41, 5.74) is 0.0273. The third kappa shape index (κ3) is 3.66. The zero-order valence-corrected chi connectivity index (χ0v) is 14.9. The Morgan fingerprint density at radius 3 is 2.32 bits per heavy atom. The van der Waals surface area contributed by atoms with Crippen LogP contribution in [0.4, 0.5) is 4.39 Å². The van der Waals surface area contributed by atoms with Crippen LogP contribution in [0.25, 0.3) is 0 Å². The van der Waals surface area contributed by atoms with Gasteiger partial charge in [-0.05, 0) is 52.3 Å². The van der Waals surface area contributed by atoms with Gasteiger partial charge in [0.25, 0.3) is 0 Å². The number of hydrogen-bond acceptors (Lipinski definition) is 4. The first kappa shape index (κ1) is 17.8. The maximum Gasteiger partial charge on any atom is 0.209 e. The fourth-order valence-corrected chi connectivity index (χ4v) is 4.13. The molecular formula is C16H24FO4P. The number of halogens is 1. The van der Waals surface area contributed by atoms with Crippen molar-refractivity contribution in [1.29, 1.82) is 0 Å². The van der Waals surface area contributed by atoms with E-state index in [1.54, 1.807) is 12.1 Å². The molecule has 2 rings (SSSR count). The van der Waals surface area contributed by atoms with Gasteiger partial charge in [0.05, 0.1) is 29.7 Å². The Labute approximate surface area is 132 Å². The van der Waals surface area contributed by atoms with Gasteiger partial charge >= 0.3 is 0 Å². The molecule has 1 aromatic rings. The second-order valence-electron chi connectivity index (χ2n) is 6.52. The molecule has 1 heterocycles. The van der Waals surface area contributed by atoms with Crippen LogP contribution in [-0.4, -0.2) is 24.4 Å². The van der Waals surface area contributed by atoms with E-state index in [0.717, 1.165) is 5.56 Å². The summed E-state index contributed by atoms with van der Waals surface area (Å²) in [5.74, 6) is -0.302. The highest BCUT2D eigenvalue weighted by Crippen LogP contribution is 2.57. The van der Waals surface area contributed by atoms with Gasteiger partial charge in [-0.3, -0.25) is 0 Å². The average Bonchev–Trinajstić information content (AvgIpc) is 2.61. The predicted molar refractivity (Wildman–Crippen MR) is 84.5 cm³/mol.